The largest absolute Gasteiger partial charge is 0.326 e. The Balaban J connectivity index is 2.31. The van der Waals surface area contributed by atoms with E-state index in [1.54, 1.807) is 0 Å². The molecule has 20 heavy (non-hydrogen) atoms. The number of para-hydroxylation sites is 1. The number of nitrogens with two attached hydrogens (primary N) is 1. The van der Waals surface area contributed by atoms with E-state index in [0.29, 0.717) is 0 Å². The highest BCUT2D eigenvalue weighted by molar-refractivity contribution is 5.84. The van der Waals surface area contributed by atoms with Crippen LogP contribution in [0.5, 0.6) is 0 Å². The minimum atomic E-state index is -0.115. The molecule has 2 nitrogen and oxygen atoms in total. The molecule has 0 aliphatic carbocycles. The first kappa shape index (κ1) is 14.6. The molecule has 1 heterocycles. The van der Waals surface area contributed by atoms with E-state index in [9.17, 15) is 0 Å². The van der Waals surface area contributed by atoms with Crippen molar-refractivity contribution in [3.05, 3.63) is 54.8 Å². The Morgan fingerprint density at radius 1 is 1.25 bits per heavy atom. The Hall–Kier alpha value is -1.80. The van der Waals surface area contributed by atoms with Crippen LogP contribution in [-0.2, 0) is 0 Å². The predicted molar refractivity (Wildman–Crippen MR) is 88.5 cm³/mol. The lowest BCUT2D eigenvalue weighted by molar-refractivity contribution is 0.481. The smallest absolute Gasteiger partial charge is 0.0528 e. The summed E-state index contributed by atoms with van der Waals surface area (Å²) >= 11 is 0. The first-order valence-electron chi connectivity index (χ1n) is 7.19. The SMILES string of the molecule is C/C=C\C(=C/CCC(C)(C)N)n1ccc2ccccc21. The minimum Gasteiger partial charge on any atom is -0.326 e. The van der Waals surface area contributed by atoms with Gasteiger partial charge in [-0.25, -0.2) is 0 Å². The van der Waals surface area contributed by atoms with Crippen LogP contribution in [0.2, 0.25) is 0 Å². The molecule has 0 amide bonds. The molecule has 2 rings (SSSR count). The predicted octanol–water partition coefficient (Wildman–Crippen LogP) is 4.58. The maximum atomic E-state index is 6.05. The van der Waals surface area contributed by atoms with E-state index in [4.69, 9.17) is 5.73 Å². The van der Waals surface area contributed by atoms with Gasteiger partial charge in [-0.3, -0.25) is 0 Å². The van der Waals surface area contributed by atoms with Gasteiger partial charge >= 0.3 is 0 Å². The Labute approximate surface area is 121 Å². The van der Waals surface area contributed by atoms with Crippen molar-refractivity contribution < 1.29 is 0 Å². The number of rotatable bonds is 5. The van der Waals surface area contributed by atoms with Crippen molar-refractivity contribution in [3.63, 3.8) is 0 Å². The second-order valence-corrected chi connectivity index (χ2v) is 5.90. The van der Waals surface area contributed by atoms with E-state index in [1.165, 1.54) is 16.6 Å². The molecule has 0 aliphatic rings. The molecule has 0 atom stereocenters. The molecule has 106 valence electrons. The maximum Gasteiger partial charge on any atom is 0.0528 e. The van der Waals surface area contributed by atoms with Crippen LogP contribution in [0.15, 0.2) is 54.8 Å². The quantitative estimate of drug-likeness (QED) is 0.791. The molecule has 2 aromatic rings. The van der Waals surface area contributed by atoms with Gasteiger partial charge in [-0.2, -0.15) is 0 Å². The monoisotopic (exact) mass is 268 g/mol. The molecule has 2 heteroatoms. The summed E-state index contributed by atoms with van der Waals surface area (Å²) in [7, 11) is 0. The van der Waals surface area contributed by atoms with Crippen molar-refractivity contribution in [3.8, 4) is 0 Å². The highest BCUT2D eigenvalue weighted by atomic mass is 15.0. The van der Waals surface area contributed by atoms with Crippen LogP contribution in [0.25, 0.3) is 16.6 Å². The van der Waals surface area contributed by atoms with Crippen molar-refractivity contribution in [2.75, 3.05) is 0 Å². The molecule has 1 aromatic carbocycles. The van der Waals surface area contributed by atoms with Crippen molar-refractivity contribution in [2.45, 2.75) is 39.2 Å². The molecule has 0 radical (unpaired) electrons. The third kappa shape index (κ3) is 3.61. The molecule has 0 saturated heterocycles. The van der Waals surface area contributed by atoms with Crippen molar-refractivity contribution in [2.24, 2.45) is 5.73 Å². The van der Waals surface area contributed by atoms with E-state index in [2.05, 4.69) is 73.2 Å². The van der Waals surface area contributed by atoms with E-state index in [-0.39, 0.29) is 5.54 Å². The van der Waals surface area contributed by atoms with Gasteiger partial charge in [0.1, 0.15) is 0 Å². The maximum absolute atomic E-state index is 6.05. The highest BCUT2D eigenvalue weighted by Crippen LogP contribution is 2.21. The zero-order chi connectivity index (χ0) is 14.6. The molecule has 2 N–H and O–H groups in total. The van der Waals surface area contributed by atoms with Gasteiger partial charge in [0, 0.05) is 17.4 Å². The first-order valence-corrected chi connectivity index (χ1v) is 7.19. The van der Waals surface area contributed by atoms with Crippen LogP contribution in [0.3, 0.4) is 0 Å². The van der Waals surface area contributed by atoms with Crippen molar-refractivity contribution in [1.29, 1.82) is 0 Å². The van der Waals surface area contributed by atoms with Gasteiger partial charge in [0.15, 0.2) is 0 Å². The summed E-state index contributed by atoms with van der Waals surface area (Å²) in [5.41, 5.74) is 8.38. The summed E-state index contributed by atoms with van der Waals surface area (Å²) in [5, 5.41) is 1.27. The number of nitrogens with zero attached hydrogens (tertiary/aromatic N) is 1. The van der Waals surface area contributed by atoms with Crippen LogP contribution >= 0.6 is 0 Å². The molecule has 0 fully saturated rings. The van der Waals surface area contributed by atoms with Crippen LogP contribution in [0, 0.1) is 0 Å². The van der Waals surface area contributed by atoms with E-state index in [0.717, 1.165) is 12.8 Å². The van der Waals surface area contributed by atoms with Crippen LogP contribution in [-0.4, -0.2) is 10.1 Å². The highest BCUT2D eigenvalue weighted by Gasteiger charge is 2.09. The number of benzene rings is 1. The fraction of sp³-hybridized carbons (Fsp3) is 0.333. The summed E-state index contributed by atoms with van der Waals surface area (Å²) in [6, 6.07) is 10.6. The van der Waals surface area contributed by atoms with Gasteiger partial charge in [-0.1, -0.05) is 30.4 Å². The second-order valence-electron chi connectivity index (χ2n) is 5.90. The van der Waals surface area contributed by atoms with Crippen LogP contribution in [0.4, 0.5) is 0 Å². The number of allylic oxidation sites excluding steroid dienone is 4. The second kappa shape index (κ2) is 6.10. The van der Waals surface area contributed by atoms with Gasteiger partial charge in [0.2, 0.25) is 0 Å². The summed E-state index contributed by atoms with van der Waals surface area (Å²) in [6.07, 6.45) is 10.6. The summed E-state index contributed by atoms with van der Waals surface area (Å²) in [4.78, 5) is 0. The van der Waals surface area contributed by atoms with Gasteiger partial charge < -0.3 is 10.3 Å². The third-order valence-corrected chi connectivity index (χ3v) is 3.36. The Morgan fingerprint density at radius 2 is 2.00 bits per heavy atom. The number of hydrogen-bond donors (Lipinski definition) is 1. The zero-order valence-electron chi connectivity index (χ0n) is 12.6. The molecule has 1 aromatic heterocycles. The number of fused-ring (bicyclic) bond motifs is 1. The lowest BCUT2D eigenvalue weighted by atomic mass is 10.00. The zero-order valence-corrected chi connectivity index (χ0v) is 12.6. The fourth-order valence-corrected chi connectivity index (χ4v) is 2.32. The molecular formula is C18H24N2. The normalized spacial score (nSPS) is 13.5. The third-order valence-electron chi connectivity index (χ3n) is 3.36. The van der Waals surface area contributed by atoms with Gasteiger partial charge in [0.05, 0.1) is 5.52 Å². The Morgan fingerprint density at radius 3 is 2.70 bits per heavy atom. The Bertz CT molecular complexity index is 624. The lowest BCUT2D eigenvalue weighted by Crippen LogP contribution is -2.31. The summed E-state index contributed by atoms with van der Waals surface area (Å²) < 4.78 is 2.23. The average Bonchev–Trinajstić information content (AvgIpc) is 2.80. The minimum absolute atomic E-state index is 0.115. The fourth-order valence-electron chi connectivity index (χ4n) is 2.32. The molecule has 0 aliphatic heterocycles. The van der Waals surface area contributed by atoms with E-state index in [1.807, 2.05) is 6.92 Å². The van der Waals surface area contributed by atoms with E-state index >= 15 is 0 Å². The van der Waals surface area contributed by atoms with Crippen molar-refractivity contribution >= 4 is 16.6 Å². The first-order chi connectivity index (χ1) is 9.51. The summed E-state index contributed by atoms with van der Waals surface area (Å²) in [5.74, 6) is 0. The topological polar surface area (TPSA) is 30.9 Å². The van der Waals surface area contributed by atoms with Gasteiger partial charge in [0.25, 0.3) is 0 Å². The van der Waals surface area contributed by atoms with Crippen molar-refractivity contribution in [1.82, 2.24) is 4.57 Å². The van der Waals surface area contributed by atoms with Crippen LogP contribution < -0.4 is 5.73 Å². The average molecular weight is 268 g/mol. The van der Waals surface area contributed by atoms with Gasteiger partial charge in [-0.05, 0) is 57.2 Å². The number of hydrogen-bond acceptors (Lipinski definition) is 1. The lowest BCUT2D eigenvalue weighted by Gasteiger charge is -2.17. The van der Waals surface area contributed by atoms with Gasteiger partial charge in [-0.15, -0.1) is 0 Å². The van der Waals surface area contributed by atoms with E-state index < -0.39 is 0 Å². The molecular weight excluding hydrogens is 244 g/mol. The van der Waals surface area contributed by atoms with Crippen LogP contribution in [0.1, 0.15) is 33.6 Å². The molecule has 0 bridgehead atoms. The molecule has 0 spiro atoms. The standard InChI is InChI=1S/C18H24N2/c1-4-8-16(10-7-13-18(2,3)19)20-14-12-15-9-5-6-11-17(15)20/h4-6,8-12,14H,7,13,19H2,1-3H3/b8-4-,16-10+. The number of aromatic nitrogens is 1. The molecule has 0 saturated carbocycles. The Kier molecular flexibility index (Phi) is 4.46. The molecule has 0 unspecified atom stereocenters. The summed E-state index contributed by atoms with van der Waals surface area (Å²) in [6.45, 7) is 6.19.